The number of thiocarbonyl (C=S) groups is 1. The van der Waals surface area contributed by atoms with Crippen molar-refractivity contribution < 1.29 is 4.42 Å². The molecule has 0 aliphatic rings. The molecule has 0 spiro atoms. The number of nitrogens with one attached hydrogen (secondary N) is 2. The molecule has 2 N–H and O–H groups in total. The van der Waals surface area contributed by atoms with Gasteiger partial charge in [-0.25, -0.2) is 4.79 Å². The van der Waals surface area contributed by atoms with Gasteiger partial charge in [0.05, 0.1) is 0 Å². The molecule has 1 heterocycles. The standard InChI is InChI=1S/C21H16N2O2S/c1-13-11-20(24)25-19-12-15(9-10-16(13)19)22-21(26)23-18-8-4-6-14-5-2-3-7-17(14)18/h2-12H,1H3,(H2,22,23,26). The van der Waals surface area contributed by atoms with Crippen molar-refractivity contribution in [3.05, 3.63) is 82.7 Å². The zero-order chi connectivity index (χ0) is 18.1. The van der Waals surface area contributed by atoms with Crippen molar-refractivity contribution >= 4 is 50.4 Å². The molecule has 0 aliphatic carbocycles. The maximum absolute atomic E-state index is 11.6. The molecule has 0 bridgehead atoms. The Hall–Kier alpha value is -3.18. The molecule has 4 rings (SSSR count). The van der Waals surface area contributed by atoms with Crippen LogP contribution >= 0.6 is 12.2 Å². The van der Waals surface area contributed by atoms with Crippen molar-refractivity contribution in [3.8, 4) is 0 Å². The molecule has 0 saturated heterocycles. The van der Waals surface area contributed by atoms with Gasteiger partial charge in [-0.15, -0.1) is 0 Å². The van der Waals surface area contributed by atoms with Gasteiger partial charge in [-0.05, 0) is 48.3 Å². The van der Waals surface area contributed by atoms with Gasteiger partial charge in [-0.2, -0.15) is 0 Å². The highest BCUT2D eigenvalue weighted by atomic mass is 32.1. The van der Waals surface area contributed by atoms with Crippen LogP contribution in [0.1, 0.15) is 5.56 Å². The minimum atomic E-state index is -0.358. The van der Waals surface area contributed by atoms with Gasteiger partial charge in [0.2, 0.25) is 0 Å². The van der Waals surface area contributed by atoms with Gasteiger partial charge in [-0.1, -0.05) is 36.4 Å². The van der Waals surface area contributed by atoms with Crippen LogP contribution in [-0.4, -0.2) is 5.11 Å². The smallest absolute Gasteiger partial charge is 0.336 e. The number of rotatable bonds is 2. The Morgan fingerprint density at radius 1 is 0.923 bits per heavy atom. The number of hydrogen-bond donors (Lipinski definition) is 2. The van der Waals surface area contributed by atoms with E-state index >= 15 is 0 Å². The lowest BCUT2D eigenvalue weighted by atomic mass is 10.1. The molecule has 0 aliphatic heterocycles. The maximum Gasteiger partial charge on any atom is 0.336 e. The van der Waals surface area contributed by atoms with E-state index in [1.165, 1.54) is 6.07 Å². The lowest BCUT2D eigenvalue weighted by Gasteiger charge is -2.13. The maximum atomic E-state index is 11.6. The summed E-state index contributed by atoms with van der Waals surface area (Å²) in [4.78, 5) is 11.6. The number of benzene rings is 3. The molecule has 0 amide bonds. The van der Waals surface area contributed by atoms with E-state index < -0.39 is 0 Å². The van der Waals surface area contributed by atoms with Crippen LogP contribution in [0.15, 0.2) is 75.9 Å². The fourth-order valence-corrected chi connectivity index (χ4v) is 3.25. The molecular weight excluding hydrogens is 344 g/mol. The number of aryl methyl sites for hydroxylation is 1. The van der Waals surface area contributed by atoms with Gasteiger partial charge in [0.25, 0.3) is 0 Å². The Morgan fingerprint density at radius 2 is 1.73 bits per heavy atom. The van der Waals surface area contributed by atoms with Gasteiger partial charge in [0.15, 0.2) is 5.11 Å². The Bertz CT molecular complexity index is 1190. The van der Waals surface area contributed by atoms with Crippen LogP contribution in [0, 0.1) is 6.92 Å². The molecule has 26 heavy (non-hydrogen) atoms. The molecular formula is C21H16N2O2S. The van der Waals surface area contributed by atoms with Crippen molar-refractivity contribution in [1.82, 2.24) is 0 Å². The summed E-state index contributed by atoms with van der Waals surface area (Å²) in [6, 6.07) is 21.2. The van der Waals surface area contributed by atoms with Gasteiger partial charge in [0, 0.05) is 34.3 Å². The van der Waals surface area contributed by atoms with Crippen LogP contribution in [0.3, 0.4) is 0 Å². The summed E-state index contributed by atoms with van der Waals surface area (Å²) < 4.78 is 5.28. The van der Waals surface area contributed by atoms with Crippen molar-refractivity contribution in [2.45, 2.75) is 6.92 Å². The first-order chi connectivity index (χ1) is 12.6. The Kier molecular flexibility index (Phi) is 4.14. The second kappa shape index (κ2) is 6.61. The molecule has 0 atom stereocenters. The normalized spacial score (nSPS) is 10.8. The van der Waals surface area contributed by atoms with Crippen molar-refractivity contribution in [3.63, 3.8) is 0 Å². The van der Waals surface area contributed by atoms with Gasteiger partial charge >= 0.3 is 5.63 Å². The predicted molar refractivity (Wildman–Crippen MR) is 111 cm³/mol. The van der Waals surface area contributed by atoms with Crippen LogP contribution in [0.5, 0.6) is 0 Å². The van der Waals surface area contributed by atoms with Gasteiger partial charge in [-0.3, -0.25) is 0 Å². The van der Waals surface area contributed by atoms with Gasteiger partial charge < -0.3 is 15.1 Å². The van der Waals surface area contributed by atoms with E-state index in [4.69, 9.17) is 16.6 Å². The first-order valence-electron chi connectivity index (χ1n) is 8.20. The number of fused-ring (bicyclic) bond motifs is 2. The third kappa shape index (κ3) is 3.17. The third-order valence-electron chi connectivity index (χ3n) is 4.25. The molecule has 0 radical (unpaired) electrons. The Morgan fingerprint density at radius 3 is 2.62 bits per heavy atom. The molecule has 128 valence electrons. The minimum absolute atomic E-state index is 0.358. The Labute approximate surface area is 155 Å². The predicted octanol–water partition coefficient (Wildman–Crippen LogP) is 5.06. The topological polar surface area (TPSA) is 54.3 Å². The molecule has 3 aromatic carbocycles. The van der Waals surface area contributed by atoms with E-state index in [1.807, 2.05) is 49.4 Å². The van der Waals surface area contributed by atoms with Crippen LogP contribution in [0.2, 0.25) is 0 Å². The van der Waals surface area contributed by atoms with E-state index in [9.17, 15) is 4.79 Å². The molecule has 5 heteroatoms. The highest BCUT2D eigenvalue weighted by Crippen LogP contribution is 2.24. The summed E-state index contributed by atoms with van der Waals surface area (Å²) in [5.41, 5.74) is 2.75. The molecule has 4 nitrogen and oxygen atoms in total. The SMILES string of the molecule is Cc1cc(=O)oc2cc(NC(=S)Nc3cccc4ccccc34)ccc12. The highest BCUT2D eigenvalue weighted by molar-refractivity contribution is 7.80. The zero-order valence-electron chi connectivity index (χ0n) is 14.1. The molecule has 0 saturated carbocycles. The first kappa shape index (κ1) is 16.3. The number of hydrogen-bond acceptors (Lipinski definition) is 3. The Balaban J connectivity index is 1.60. The van der Waals surface area contributed by atoms with Crippen LogP contribution in [-0.2, 0) is 0 Å². The minimum Gasteiger partial charge on any atom is -0.423 e. The summed E-state index contributed by atoms with van der Waals surface area (Å²) in [5, 5.41) is 9.99. The van der Waals surface area contributed by atoms with Crippen molar-refractivity contribution in [2.24, 2.45) is 0 Å². The average Bonchev–Trinajstić information content (AvgIpc) is 2.61. The van der Waals surface area contributed by atoms with Crippen molar-refractivity contribution in [2.75, 3.05) is 10.6 Å². The monoisotopic (exact) mass is 360 g/mol. The van der Waals surface area contributed by atoms with E-state index in [2.05, 4.69) is 22.8 Å². The van der Waals surface area contributed by atoms with E-state index in [0.717, 1.165) is 33.1 Å². The summed E-state index contributed by atoms with van der Waals surface area (Å²) in [7, 11) is 0. The van der Waals surface area contributed by atoms with Gasteiger partial charge in [0.1, 0.15) is 5.58 Å². The van der Waals surface area contributed by atoms with Crippen LogP contribution in [0.25, 0.3) is 21.7 Å². The van der Waals surface area contributed by atoms with E-state index in [1.54, 1.807) is 6.07 Å². The summed E-state index contributed by atoms with van der Waals surface area (Å²) in [5.74, 6) is 0. The molecule has 0 fully saturated rings. The average molecular weight is 360 g/mol. The lowest BCUT2D eigenvalue weighted by Crippen LogP contribution is -2.19. The van der Waals surface area contributed by atoms with Crippen LogP contribution in [0.4, 0.5) is 11.4 Å². The van der Waals surface area contributed by atoms with Crippen LogP contribution < -0.4 is 16.3 Å². The van der Waals surface area contributed by atoms with E-state index in [0.29, 0.717) is 10.7 Å². The zero-order valence-corrected chi connectivity index (χ0v) is 14.9. The largest absolute Gasteiger partial charge is 0.423 e. The molecule has 1 aromatic heterocycles. The third-order valence-corrected chi connectivity index (χ3v) is 4.45. The second-order valence-corrected chi connectivity index (χ2v) is 6.47. The summed E-state index contributed by atoms with van der Waals surface area (Å²) in [6.07, 6.45) is 0. The lowest BCUT2D eigenvalue weighted by molar-refractivity contribution is 0.560. The second-order valence-electron chi connectivity index (χ2n) is 6.07. The molecule has 0 unspecified atom stereocenters. The van der Waals surface area contributed by atoms with Crippen molar-refractivity contribution in [1.29, 1.82) is 0 Å². The van der Waals surface area contributed by atoms with E-state index in [-0.39, 0.29) is 5.63 Å². The summed E-state index contributed by atoms with van der Waals surface area (Å²) in [6.45, 7) is 1.89. The highest BCUT2D eigenvalue weighted by Gasteiger charge is 2.06. The summed E-state index contributed by atoms with van der Waals surface area (Å²) >= 11 is 5.44. The fraction of sp³-hybridized carbons (Fsp3) is 0.0476. The quantitative estimate of drug-likeness (QED) is 0.386. The number of anilines is 2. The first-order valence-corrected chi connectivity index (χ1v) is 8.61. The molecule has 4 aromatic rings. The fourth-order valence-electron chi connectivity index (χ4n) is 3.02.